The Kier molecular flexibility index (Phi) is 4.06. The Labute approximate surface area is 118 Å². The number of benzene rings is 1. The first kappa shape index (κ1) is 13.2. The maximum Gasteiger partial charge on any atom is 0.278 e. The van der Waals surface area contributed by atoms with E-state index < -0.39 is 0 Å². The van der Waals surface area contributed by atoms with Gasteiger partial charge in [0.2, 0.25) is 0 Å². The highest BCUT2D eigenvalue weighted by molar-refractivity contribution is 5.76. The van der Waals surface area contributed by atoms with Gasteiger partial charge >= 0.3 is 0 Å². The fraction of sp³-hybridized carbons (Fsp3) is 0.533. The molecule has 0 saturated carbocycles. The van der Waals surface area contributed by atoms with Gasteiger partial charge in [-0.05, 0) is 38.1 Å². The minimum absolute atomic E-state index is 0.0438. The van der Waals surface area contributed by atoms with Crippen molar-refractivity contribution < 1.29 is 0 Å². The van der Waals surface area contributed by atoms with E-state index in [1.54, 1.807) is 0 Å². The second-order valence-corrected chi connectivity index (χ2v) is 5.44. The standard InChI is InChI=1S/C15H20N4O/c20-15-13-8-4-5-9-14(13)16-17-19(15)12-18-10-6-2-1-3-7-11-18/h4-5,8-9H,1-3,6-7,10-12H2. The molecule has 5 heteroatoms. The third-order valence-corrected chi connectivity index (χ3v) is 3.91. The smallest absolute Gasteiger partial charge is 0.278 e. The average Bonchev–Trinajstić information content (AvgIpc) is 2.44. The van der Waals surface area contributed by atoms with E-state index >= 15 is 0 Å². The molecule has 106 valence electrons. The van der Waals surface area contributed by atoms with Gasteiger partial charge in [0.25, 0.3) is 5.56 Å². The van der Waals surface area contributed by atoms with E-state index in [-0.39, 0.29) is 5.56 Å². The van der Waals surface area contributed by atoms with Crippen LogP contribution in [-0.2, 0) is 6.67 Å². The lowest BCUT2D eigenvalue weighted by atomic mass is 10.1. The van der Waals surface area contributed by atoms with Crippen LogP contribution in [0.4, 0.5) is 0 Å². The van der Waals surface area contributed by atoms with Crippen molar-refractivity contribution in [3.63, 3.8) is 0 Å². The molecule has 1 aliphatic rings. The molecule has 2 heterocycles. The number of nitrogens with zero attached hydrogens (tertiary/aromatic N) is 4. The molecule has 1 aliphatic heterocycles. The maximum atomic E-state index is 12.4. The van der Waals surface area contributed by atoms with E-state index in [2.05, 4.69) is 15.2 Å². The largest absolute Gasteiger partial charge is 0.284 e. The van der Waals surface area contributed by atoms with Crippen molar-refractivity contribution in [2.45, 2.75) is 38.8 Å². The third kappa shape index (κ3) is 2.88. The molecule has 3 rings (SSSR count). The highest BCUT2D eigenvalue weighted by atomic mass is 16.1. The van der Waals surface area contributed by atoms with Crippen molar-refractivity contribution in [2.24, 2.45) is 0 Å². The van der Waals surface area contributed by atoms with Gasteiger partial charge in [-0.2, -0.15) is 4.68 Å². The van der Waals surface area contributed by atoms with Crippen LogP contribution in [0.25, 0.3) is 10.9 Å². The van der Waals surface area contributed by atoms with Crippen LogP contribution >= 0.6 is 0 Å². The van der Waals surface area contributed by atoms with Crippen molar-refractivity contribution >= 4 is 10.9 Å². The maximum absolute atomic E-state index is 12.4. The number of rotatable bonds is 2. The molecule has 0 atom stereocenters. The van der Waals surface area contributed by atoms with Gasteiger partial charge in [0.1, 0.15) is 5.52 Å². The summed E-state index contributed by atoms with van der Waals surface area (Å²) in [5.41, 5.74) is 0.624. The molecule has 0 spiro atoms. The first-order valence-corrected chi connectivity index (χ1v) is 7.39. The van der Waals surface area contributed by atoms with E-state index in [4.69, 9.17) is 0 Å². The van der Waals surface area contributed by atoms with E-state index in [1.807, 2.05) is 24.3 Å². The molecule has 0 amide bonds. The van der Waals surface area contributed by atoms with Crippen LogP contribution in [0.3, 0.4) is 0 Å². The van der Waals surface area contributed by atoms with E-state index in [0.717, 1.165) is 13.1 Å². The molecule has 5 nitrogen and oxygen atoms in total. The summed E-state index contributed by atoms with van der Waals surface area (Å²) in [6, 6.07) is 7.38. The number of likely N-dealkylation sites (tertiary alicyclic amines) is 1. The lowest BCUT2D eigenvalue weighted by Gasteiger charge is -2.24. The zero-order chi connectivity index (χ0) is 13.8. The topological polar surface area (TPSA) is 51.0 Å². The highest BCUT2D eigenvalue weighted by Crippen LogP contribution is 2.11. The summed E-state index contributed by atoms with van der Waals surface area (Å²) in [5, 5.41) is 8.85. The minimum Gasteiger partial charge on any atom is -0.284 e. The van der Waals surface area contributed by atoms with Crippen LogP contribution in [0.5, 0.6) is 0 Å². The zero-order valence-corrected chi connectivity index (χ0v) is 11.7. The van der Waals surface area contributed by atoms with Gasteiger partial charge < -0.3 is 0 Å². The molecule has 20 heavy (non-hydrogen) atoms. The molecule has 0 unspecified atom stereocenters. The molecule has 2 aromatic rings. The Hall–Kier alpha value is -1.75. The predicted octanol–water partition coefficient (Wildman–Crippen LogP) is 2.02. The normalized spacial score (nSPS) is 17.8. The molecule has 0 N–H and O–H groups in total. The summed E-state index contributed by atoms with van der Waals surface area (Å²) in [4.78, 5) is 14.7. The second kappa shape index (κ2) is 6.13. The quantitative estimate of drug-likeness (QED) is 0.839. The molecule has 1 aromatic carbocycles. The minimum atomic E-state index is -0.0438. The molecule has 0 bridgehead atoms. The highest BCUT2D eigenvalue weighted by Gasteiger charge is 2.11. The van der Waals surface area contributed by atoms with Crippen molar-refractivity contribution in [1.82, 2.24) is 19.9 Å². The Balaban J connectivity index is 1.83. The Morgan fingerprint density at radius 1 is 1.00 bits per heavy atom. The summed E-state index contributed by atoms with van der Waals surface area (Å²) in [7, 11) is 0. The monoisotopic (exact) mass is 272 g/mol. The molecule has 1 aromatic heterocycles. The Morgan fingerprint density at radius 2 is 1.70 bits per heavy atom. The Bertz CT molecular complexity index is 629. The van der Waals surface area contributed by atoms with Crippen molar-refractivity contribution in [1.29, 1.82) is 0 Å². The van der Waals surface area contributed by atoms with Crippen LogP contribution < -0.4 is 5.56 Å². The van der Waals surface area contributed by atoms with Crippen molar-refractivity contribution in [3.8, 4) is 0 Å². The first-order chi connectivity index (χ1) is 9.84. The molecular formula is C15H20N4O. The molecular weight excluding hydrogens is 252 g/mol. The van der Waals surface area contributed by atoms with Gasteiger partial charge in [-0.1, -0.05) is 36.6 Å². The van der Waals surface area contributed by atoms with Gasteiger partial charge in [0.05, 0.1) is 12.1 Å². The van der Waals surface area contributed by atoms with Crippen LogP contribution in [0, 0.1) is 0 Å². The van der Waals surface area contributed by atoms with Crippen LogP contribution in [0.15, 0.2) is 29.1 Å². The first-order valence-electron chi connectivity index (χ1n) is 7.39. The SMILES string of the molecule is O=c1c2ccccc2nnn1CN1CCCCCCC1. The van der Waals surface area contributed by atoms with Gasteiger partial charge in [-0.3, -0.25) is 9.69 Å². The van der Waals surface area contributed by atoms with Crippen LogP contribution in [0.1, 0.15) is 32.1 Å². The number of aromatic nitrogens is 3. The van der Waals surface area contributed by atoms with E-state index in [9.17, 15) is 4.79 Å². The summed E-state index contributed by atoms with van der Waals surface area (Å²) < 4.78 is 1.49. The number of hydrogen-bond acceptors (Lipinski definition) is 4. The third-order valence-electron chi connectivity index (χ3n) is 3.91. The van der Waals surface area contributed by atoms with E-state index in [0.29, 0.717) is 17.6 Å². The zero-order valence-electron chi connectivity index (χ0n) is 11.7. The summed E-state index contributed by atoms with van der Waals surface area (Å²) in [6.45, 7) is 2.64. The second-order valence-electron chi connectivity index (χ2n) is 5.44. The molecule has 1 saturated heterocycles. The average molecular weight is 272 g/mol. The van der Waals surface area contributed by atoms with Crippen LogP contribution in [-0.4, -0.2) is 33.0 Å². The summed E-state index contributed by atoms with van der Waals surface area (Å²) >= 11 is 0. The predicted molar refractivity (Wildman–Crippen MR) is 78.5 cm³/mol. The van der Waals surface area contributed by atoms with Crippen molar-refractivity contribution in [3.05, 3.63) is 34.6 Å². The van der Waals surface area contributed by atoms with Gasteiger partial charge in [-0.15, -0.1) is 5.10 Å². The Morgan fingerprint density at radius 3 is 2.50 bits per heavy atom. The fourth-order valence-electron chi connectivity index (χ4n) is 2.76. The fourth-order valence-corrected chi connectivity index (χ4v) is 2.76. The van der Waals surface area contributed by atoms with Crippen LogP contribution in [0.2, 0.25) is 0 Å². The number of hydrogen-bond donors (Lipinski definition) is 0. The summed E-state index contributed by atoms with van der Waals surface area (Å²) in [6.07, 6.45) is 6.32. The van der Waals surface area contributed by atoms with Gasteiger partial charge in [0.15, 0.2) is 0 Å². The molecule has 0 radical (unpaired) electrons. The molecule has 0 aliphatic carbocycles. The number of fused-ring (bicyclic) bond motifs is 1. The van der Waals surface area contributed by atoms with E-state index in [1.165, 1.54) is 36.8 Å². The van der Waals surface area contributed by atoms with Crippen molar-refractivity contribution in [2.75, 3.05) is 13.1 Å². The van der Waals surface area contributed by atoms with Gasteiger partial charge in [-0.25, -0.2) is 0 Å². The summed E-state index contributed by atoms with van der Waals surface area (Å²) in [5.74, 6) is 0. The van der Waals surface area contributed by atoms with Gasteiger partial charge in [0, 0.05) is 0 Å². The lowest BCUT2D eigenvalue weighted by molar-refractivity contribution is 0.183. The molecule has 1 fully saturated rings. The lowest BCUT2D eigenvalue weighted by Crippen LogP contribution is -2.36.